The SMILES string of the molecule is COc1ccc(C(=O)COC(=O)CSc2nc(C)cc(C)n2)cc1F. The highest BCUT2D eigenvalue weighted by atomic mass is 32.2. The number of benzene rings is 1. The number of ketones is 1. The molecule has 1 aromatic carbocycles. The lowest BCUT2D eigenvalue weighted by Crippen LogP contribution is -2.16. The molecule has 0 amide bonds. The number of hydrogen-bond donors (Lipinski definition) is 0. The lowest BCUT2D eigenvalue weighted by molar-refractivity contribution is -0.139. The van der Waals surface area contributed by atoms with E-state index < -0.39 is 24.2 Å². The zero-order valence-electron chi connectivity index (χ0n) is 14.0. The van der Waals surface area contributed by atoms with Gasteiger partial charge in [0.15, 0.2) is 29.1 Å². The van der Waals surface area contributed by atoms with Crippen LogP contribution in [0.15, 0.2) is 29.4 Å². The highest BCUT2D eigenvalue weighted by molar-refractivity contribution is 7.99. The number of rotatable bonds is 7. The van der Waals surface area contributed by atoms with E-state index in [-0.39, 0.29) is 17.1 Å². The summed E-state index contributed by atoms with van der Waals surface area (Å²) >= 11 is 1.13. The Labute approximate surface area is 148 Å². The van der Waals surface area contributed by atoms with Gasteiger partial charge in [-0.1, -0.05) is 11.8 Å². The minimum atomic E-state index is -0.651. The van der Waals surface area contributed by atoms with E-state index in [0.29, 0.717) is 5.16 Å². The van der Waals surface area contributed by atoms with Gasteiger partial charge < -0.3 is 9.47 Å². The van der Waals surface area contributed by atoms with E-state index in [1.54, 1.807) is 0 Å². The van der Waals surface area contributed by atoms with E-state index in [4.69, 9.17) is 9.47 Å². The van der Waals surface area contributed by atoms with Crippen molar-refractivity contribution >= 4 is 23.5 Å². The summed E-state index contributed by atoms with van der Waals surface area (Å²) in [6.45, 7) is 3.21. The maximum atomic E-state index is 13.6. The molecule has 1 heterocycles. The Hall–Kier alpha value is -2.48. The standard InChI is InChI=1S/C17H17FN2O4S/c1-10-6-11(2)20-17(19-10)25-9-16(22)24-8-14(21)12-4-5-15(23-3)13(18)7-12/h4-7H,8-9H2,1-3H3. The fourth-order valence-corrected chi connectivity index (χ4v) is 2.74. The Balaban J connectivity index is 1.85. The van der Waals surface area contributed by atoms with Crippen LogP contribution in [-0.2, 0) is 9.53 Å². The first-order valence-electron chi connectivity index (χ1n) is 7.36. The molecule has 1 aromatic heterocycles. The number of ether oxygens (including phenoxy) is 2. The minimum Gasteiger partial charge on any atom is -0.494 e. The van der Waals surface area contributed by atoms with Crippen molar-refractivity contribution in [3.63, 3.8) is 0 Å². The molecule has 0 spiro atoms. The molecule has 6 nitrogen and oxygen atoms in total. The first-order chi connectivity index (χ1) is 11.9. The van der Waals surface area contributed by atoms with Gasteiger partial charge in [-0.25, -0.2) is 14.4 Å². The number of methoxy groups -OCH3 is 1. The van der Waals surface area contributed by atoms with Crippen LogP contribution in [0.25, 0.3) is 0 Å². The molecule has 132 valence electrons. The van der Waals surface area contributed by atoms with Gasteiger partial charge >= 0.3 is 5.97 Å². The Bertz CT molecular complexity index is 778. The predicted octanol–water partition coefficient (Wildman–Crippen LogP) is 2.76. The van der Waals surface area contributed by atoms with Crippen LogP contribution in [0.3, 0.4) is 0 Å². The predicted molar refractivity (Wildman–Crippen MR) is 90.5 cm³/mol. The van der Waals surface area contributed by atoms with Gasteiger partial charge in [0.2, 0.25) is 0 Å². The van der Waals surface area contributed by atoms with E-state index >= 15 is 0 Å². The molecule has 25 heavy (non-hydrogen) atoms. The van der Waals surface area contributed by atoms with Crippen molar-refractivity contribution in [2.24, 2.45) is 0 Å². The average molecular weight is 364 g/mol. The van der Waals surface area contributed by atoms with Crippen LogP contribution in [0, 0.1) is 19.7 Å². The third kappa shape index (κ3) is 5.53. The van der Waals surface area contributed by atoms with E-state index in [1.807, 2.05) is 19.9 Å². The van der Waals surface area contributed by atoms with Gasteiger partial charge in [0, 0.05) is 17.0 Å². The van der Waals surface area contributed by atoms with E-state index in [2.05, 4.69) is 9.97 Å². The molecule has 0 N–H and O–H groups in total. The molecular weight excluding hydrogens is 347 g/mol. The fourth-order valence-electron chi connectivity index (χ4n) is 1.99. The third-order valence-corrected chi connectivity index (χ3v) is 3.94. The molecule has 2 rings (SSSR count). The number of aryl methyl sites for hydroxylation is 2. The Morgan fingerprint density at radius 1 is 1.16 bits per heavy atom. The molecule has 0 saturated heterocycles. The number of nitrogens with zero attached hydrogens (tertiary/aromatic N) is 2. The zero-order valence-corrected chi connectivity index (χ0v) is 14.9. The first kappa shape index (κ1) is 18.9. The third-order valence-electron chi connectivity index (χ3n) is 3.12. The largest absolute Gasteiger partial charge is 0.494 e. The van der Waals surface area contributed by atoms with Crippen LogP contribution in [0.1, 0.15) is 21.7 Å². The molecule has 0 fully saturated rings. The minimum absolute atomic E-state index is 0.0207. The van der Waals surface area contributed by atoms with Crippen LogP contribution in [0.2, 0.25) is 0 Å². The van der Waals surface area contributed by atoms with Gasteiger partial charge in [-0.2, -0.15) is 0 Å². The second-order valence-corrected chi connectivity index (χ2v) is 6.10. The van der Waals surface area contributed by atoms with E-state index in [9.17, 15) is 14.0 Å². The van der Waals surface area contributed by atoms with Crippen molar-refractivity contribution in [2.75, 3.05) is 19.5 Å². The Morgan fingerprint density at radius 2 is 1.84 bits per heavy atom. The molecule has 0 aliphatic heterocycles. The second-order valence-electron chi connectivity index (χ2n) is 5.16. The molecule has 8 heteroatoms. The monoisotopic (exact) mass is 364 g/mol. The lowest BCUT2D eigenvalue weighted by Gasteiger charge is -2.06. The Kier molecular flexibility index (Phi) is 6.46. The van der Waals surface area contributed by atoms with Crippen LogP contribution >= 0.6 is 11.8 Å². The smallest absolute Gasteiger partial charge is 0.316 e. The number of halogens is 1. The average Bonchev–Trinajstić information content (AvgIpc) is 2.57. The van der Waals surface area contributed by atoms with Crippen molar-refractivity contribution in [2.45, 2.75) is 19.0 Å². The number of Topliss-reactive ketones (excluding diaryl/α,β-unsaturated/α-hetero) is 1. The van der Waals surface area contributed by atoms with Gasteiger partial charge in [0.25, 0.3) is 0 Å². The fraction of sp³-hybridized carbons (Fsp3) is 0.294. The summed E-state index contributed by atoms with van der Waals surface area (Å²) in [6.07, 6.45) is 0. The van der Waals surface area contributed by atoms with Gasteiger partial charge in [-0.15, -0.1) is 0 Å². The quantitative estimate of drug-likeness (QED) is 0.323. The lowest BCUT2D eigenvalue weighted by atomic mass is 10.1. The normalized spacial score (nSPS) is 10.4. The summed E-state index contributed by atoms with van der Waals surface area (Å²) in [5.74, 6) is -1.70. The molecule has 0 unspecified atom stereocenters. The summed E-state index contributed by atoms with van der Waals surface area (Å²) in [4.78, 5) is 32.1. The summed E-state index contributed by atoms with van der Waals surface area (Å²) in [5.41, 5.74) is 1.72. The zero-order chi connectivity index (χ0) is 18.4. The molecule has 0 atom stereocenters. The van der Waals surface area contributed by atoms with Crippen molar-refractivity contribution in [1.29, 1.82) is 0 Å². The van der Waals surface area contributed by atoms with E-state index in [0.717, 1.165) is 29.2 Å². The molecule has 2 aromatic rings. The number of thioether (sulfide) groups is 1. The van der Waals surface area contributed by atoms with Crippen LogP contribution in [0.4, 0.5) is 4.39 Å². The molecule has 0 bridgehead atoms. The summed E-state index contributed by atoms with van der Waals surface area (Å²) in [6, 6.07) is 5.63. The van der Waals surface area contributed by atoms with Crippen molar-refractivity contribution in [1.82, 2.24) is 9.97 Å². The summed E-state index contributed by atoms with van der Waals surface area (Å²) in [5, 5.41) is 0.470. The number of hydrogen-bond acceptors (Lipinski definition) is 7. The topological polar surface area (TPSA) is 78.4 Å². The highest BCUT2D eigenvalue weighted by Crippen LogP contribution is 2.18. The van der Waals surface area contributed by atoms with Crippen LogP contribution < -0.4 is 4.74 Å². The van der Waals surface area contributed by atoms with Crippen molar-refractivity contribution < 1.29 is 23.5 Å². The van der Waals surface area contributed by atoms with Gasteiger partial charge in [0.1, 0.15) is 0 Å². The number of carbonyl (C=O) groups is 2. The molecule has 0 aliphatic rings. The maximum absolute atomic E-state index is 13.6. The molecule has 0 aliphatic carbocycles. The number of aromatic nitrogens is 2. The van der Waals surface area contributed by atoms with Gasteiger partial charge in [0.05, 0.1) is 12.9 Å². The number of carbonyl (C=O) groups excluding carboxylic acids is 2. The number of esters is 1. The highest BCUT2D eigenvalue weighted by Gasteiger charge is 2.13. The maximum Gasteiger partial charge on any atom is 0.316 e. The molecular formula is C17H17FN2O4S. The molecule has 0 radical (unpaired) electrons. The van der Waals surface area contributed by atoms with Crippen LogP contribution in [-0.4, -0.2) is 41.2 Å². The van der Waals surface area contributed by atoms with Crippen molar-refractivity contribution in [3.05, 3.63) is 47.0 Å². The summed E-state index contributed by atoms with van der Waals surface area (Å²) in [7, 11) is 1.33. The van der Waals surface area contributed by atoms with Gasteiger partial charge in [-0.05, 0) is 38.1 Å². The Morgan fingerprint density at radius 3 is 2.44 bits per heavy atom. The second kappa shape index (κ2) is 8.57. The van der Waals surface area contributed by atoms with Crippen molar-refractivity contribution in [3.8, 4) is 5.75 Å². The van der Waals surface area contributed by atoms with Crippen LogP contribution in [0.5, 0.6) is 5.75 Å². The summed E-state index contributed by atoms with van der Waals surface area (Å²) < 4.78 is 23.3. The molecule has 0 saturated carbocycles. The van der Waals surface area contributed by atoms with E-state index in [1.165, 1.54) is 19.2 Å². The first-order valence-corrected chi connectivity index (χ1v) is 8.35. The van der Waals surface area contributed by atoms with Gasteiger partial charge in [-0.3, -0.25) is 9.59 Å².